The van der Waals surface area contributed by atoms with E-state index in [1.165, 1.54) is 11.5 Å². The molecule has 0 radical (unpaired) electrons. The van der Waals surface area contributed by atoms with E-state index in [-0.39, 0.29) is 6.04 Å². The fourth-order valence-electron chi connectivity index (χ4n) is 2.01. The Bertz CT molecular complexity index is 534. The van der Waals surface area contributed by atoms with Crippen LogP contribution in [0.2, 0.25) is 0 Å². The standard InChI is InChI=1S/C13H17N3O2S/c1-4-8-13(19-16-15-8)12(14)11-9(17-2)6-5-7-10(11)18-3/h5-7,12H,4,14H2,1-3H3. The fourth-order valence-corrected chi connectivity index (χ4v) is 2.76. The maximum atomic E-state index is 6.36. The van der Waals surface area contributed by atoms with Crippen molar-refractivity contribution >= 4 is 11.5 Å². The van der Waals surface area contributed by atoms with Crippen LogP contribution >= 0.6 is 11.5 Å². The Morgan fingerprint density at radius 1 is 1.26 bits per heavy atom. The van der Waals surface area contributed by atoms with Crippen molar-refractivity contribution < 1.29 is 9.47 Å². The Balaban J connectivity index is 2.51. The van der Waals surface area contributed by atoms with Crippen LogP contribution in [0.5, 0.6) is 11.5 Å². The van der Waals surface area contributed by atoms with Crippen molar-refractivity contribution in [2.45, 2.75) is 19.4 Å². The van der Waals surface area contributed by atoms with Crippen molar-refractivity contribution in [1.29, 1.82) is 0 Å². The predicted octanol–water partition coefficient (Wildman–Crippen LogP) is 2.17. The second kappa shape index (κ2) is 5.99. The average molecular weight is 279 g/mol. The third-order valence-corrected chi connectivity index (χ3v) is 3.83. The molecule has 2 N–H and O–H groups in total. The number of methoxy groups -OCH3 is 2. The number of benzene rings is 1. The Morgan fingerprint density at radius 3 is 2.42 bits per heavy atom. The third kappa shape index (κ3) is 2.54. The summed E-state index contributed by atoms with van der Waals surface area (Å²) < 4.78 is 14.7. The zero-order valence-electron chi connectivity index (χ0n) is 11.2. The van der Waals surface area contributed by atoms with Crippen LogP contribution in [0.15, 0.2) is 18.2 Å². The molecule has 0 saturated carbocycles. The molecule has 0 aliphatic rings. The van der Waals surface area contributed by atoms with Crippen LogP contribution in [0.25, 0.3) is 0 Å². The van der Waals surface area contributed by atoms with Gasteiger partial charge >= 0.3 is 0 Å². The minimum Gasteiger partial charge on any atom is -0.496 e. The van der Waals surface area contributed by atoms with Gasteiger partial charge in [0.2, 0.25) is 0 Å². The molecule has 0 saturated heterocycles. The minimum atomic E-state index is -0.346. The number of aromatic nitrogens is 2. The molecule has 0 aliphatic carbocycles. The first kappa shape index (κ1) is 13.8. The van der Waals surface area contributed by atoms with Gasteiger partial charge in [-0.3, -0.25) is 0 Å². The first-order valence-electron chi connectivity index (χ1n) is 6.00. The van der Waals surface area contributed by atoms with Crippen molar-refractivity contribution in [1.82, 2.24) is 9.59 Å². The molecule has 2 aromatic rings. The molecule has 0 spiro atoms. The van der Waals surface area contributed by atoms with Crippen LogP contribution in [-0.4, -0.2) is 23.8 Å². The summed E-state index contributed by atoms with van der Waals surface area (Å²) in [5.74, 6) is 1.42. The molecule has 102 valence electrons. The lowest BCUT2D eigenvalue weighted by atomic mass is 10.0. The molecular weight excluding hydrogens is 262 g/mol. The number of hydrogen-bond acceptors (Lipinski definition) is 6. The van der Waals surface area contributed by atoms with Gasteiger partial charge < -0.3 is 15.2 Å². The average Bonchev–Trinajstić information content (AvgIpc) is 2.93. The Morgan fingerprint density at radius 2 is 1.89 bits per heavy atom. The molecule has 0 fully saturated rings. The van der Waals surface area contributed by atoms with Gasteiger partial charge in [-0.25, -0.2) is 0 Å². The number of nitrogens with two attached hydrogens (primary N) is 1. The fraction of sp³-hybridized carbons (Fsp3) is 0.385. The molecule has 1 aromatic heterocycles. The van der Waals surface area contributed by atoms with E-state index in [1.807, 2.05) is 25.1 Å². The Hall–Kier alpha value is -1.66. The summed E-state index contributed by atoms with van der Waals surface area (Å²) in [6.07, 6.45) is 0.803. The molecule has 0 aliphatic heterocycles. The largest absolute Gasteiger partial charge is 0.496 e. The highest BCUT2D eigenvalue weighted by molar-refractivity contribution is 7.05. The van der Waals surface area contributed by atoms with Crippen molar-refractivity contribution in [2.24, 2.45) is 5.73 Å². The maximum Gasteiger partial charge on any atom is 0.127 e. The van der Waals surface area contributed by atoms with Gasteiger partial charge in [-0.2, -0.15) is 0 Å². The highest BCUT2D eigenvalue weighted by Gasteiger charge is 2.23. The summed E-state index contributed by atoms with van der Waals surface area (Å²) in [6, 6.07) is 5.27. The lowest BCUT2D eigenvalue weighted by molar-refractivity contribution is 0.382. The van der Waals surface area contributed by atoms with Crippen LogP contribution < -0.4 is 15.2 Å². The highest BCUT2D eigenvalue weighted by Crippen LogP contribution is 2.37. The number of aryl methyl sites for hydroxylation is 1. The molecule has 0 bridgehead atoms. The first-order valence-corrected chi connectivity index (χ1v) is 6.77. The Kier molecular flexibility index (Phi) is 4.34. The lowest BCUT2D eigenvalue weighted by Gasteiger charge is -2.18. The Labute approximate surface area is 116 Å². The molecule has 0 amide bonds. The van der Waals surface area contributed by atoms with Gasteiger partial charge in [0, 0.05) is 0 Å². The van der Waals surface area contributed by atoms with E-state index in [4.69, 9.17) is 15.2 Å². The van der Waals surface area contributed by atoms with E-state index in [0.717, 1.165) is 22.6 Å². The molecule has 1 heterocycles. The predicted molar refractivity (Wildman–Crippen MR) is 74.9 cm³/mol. The van der Waals surface area contributed by atoms with Gasteiger partial charge in [0.15, 0.2) is 0 Å². The van der Waals surface area contributed by atoms with Gasteiger partial charge in [0.05, 0.1) is 36.4 Å². The number of ether oxygens (including phenoxy) is 2. The number of hydrogen-bond donors (Lipinski definition) is 1. The summed E-state index contributed by atoms with van der Waals surface area (Å²) in [5, 5.41) is 4.10. The van der Waals surface area contributed by atoms with Crippen LogP contribution in [0.4, 0.5) is 0 Å². The zero-order chi connectivity index (χ0) is 13.8. The van der Waals surface area contributed by atoms with Crippen LogP contribution in [-0.2, 0) is 6.42 Å². The quantitative estimate of drug-likeness (QED) is 0.908. The molecule has 19 heavy (non-hydrogen) atoms. The second-order valence-electron chi connectivity index (χ2n) is 3.99. The normalized spacial score (nSPS) is 12.2. The monoisotopic (exact) mass is 279 g/mol. The van der Waals surface area contributed by atoms with Crippen LogP contribution in [0.1, 0.15) is 29.1 Å². The van der Waals surface area contributed by atoms with Crippen molar-refractivity contribution in [3.8, 4) is 11.5 Å². The molecular formula is C13H17N3O2S. The lowest BCUT2D eigenvalue weighted by Crippen LogP contribution is -2.14. The van der Waals surface area contributed by atoms with E-state index in [0.29, 0.717) is 11.5 Å². The van der Waals surface area contributed by atoms with Gasteiger partial charge in [-0.05, 0) is 30.1 Å². The van der Waals surface area contributed by atoms with Gasteiger partial charge in [-0.15, -0.1) is 5.10 Å². The number of nitrogens with zero attached hydrogens (tertiary/aromatic N) is 2. The van der Waals surface area contributed by atoms with Crippen LogP contribution in [0, 0.1) is 0 Å². The van der Waals surface area contributed by atoms with Crippen LogP contribution in [0.3, 0.4) is 0 Å². The molecule has 5 nitrogen and oxygen atoms in total. The molecule has 2 rings (SSSR count). The highest BCUT2D eigenvalue weighted by atomic mass is 32.1. The van der Waals surface area contributed by atoms with Crippen molar-refractivity contribution in [2.75, 3.05) is 14.2 Å². The smallest absolute Gasteiger partial charge is 0.127 e. The molecule has 6 heteroatoms. The van der Waals surface area contributed by atoms with Gasteiger partial charge in [0.25, 0.3) is 0 Å². The van der Waals surface area contributed by atoms with E-state index in [9.17, 15) is 0 Å². The van der Waals surface area contributed by atoms with Crippen molar-refractivity contribution in [3.05, 3.63) is 34.3 Å². The zero-order valence-corrected chi connectivity index (χ0v) is 12.0. The summed E-state index contributed by atoms with van der Waals surface area (Å²) >= 11 is 1.32. The molecule has 1 aromatic carbocycles. The topological polar surface area (TPSA) is 70.3 Å². The van der Waals surface area contributed by atoms with Gasteiger partial charge in [0.1, 0.15) is 11.5 Å². The summed E-state index contributed by atoms with van der Waals surface area (Å²) in [7, 11) is 3.24. The summed E-state index contributed by atoms with van der Waals surface area (Å²) in [5.41, 5.74) is 8.11. The van der Waals surface area contributed by atoms with Gasteiger partial charge in [-0.1, -0.05) is 17.5 Å². The third-order valence-electron chi connectivity index (χ3n) is 2.98. The summed E-state index contributed by atoms with van der Waals surface area (Å²) in [6.45, 7) is 2.03. The molecule has 1 unspecified atom stereocenters. The SMILES string of the molecule is CCc1nnsc1C(N)c1c(OC)cccc1OC. The van der Waals surface area contributed by atoms with E-state index in [2.05, 4.69) is 9.59 Å². The second-order valence-corrected chi connectivity index (χ2v) is 4.78. The minimum absolute atomic E-state index is 0.346. The first-order chi connectivity index (χ1) is 9.22. The van der Waals surface area contributed by atoms with E-state index < -0.39 is 0 Å². The van der Waals surface area contributed by atoms with Crippen molar-refractivity contribution in [3.63, 3.8) is 0 Å². The maximum absolute atomic E-state index is 6.36. The molecule has 1 atom stereocenters. The van der Waals surface area contributed by atoms with E-state index >= 15 is 0 Å². The number of rotatable bonds is 5. The van der Waals surface area contributed by atoms with E-state index in [1.54, 1.807) is 14.2 Å². The summed E-state index contributed by atoms with van der Waals surface area (Å²) in [4.78, 5) is 0.949.